The van der Waals surface area contributed by atoms with Gasteiger partial charge >= 0.3 is 6.18 Å². The van der Waals surface area contributed by atoms with Gasteiger partial charge in [0.1, 0.15) is 0 Å². The molecule has 0 saturated heterocycles. The van der Waals surface area contributed by atoms with Crippen molar-refractivity contribution in [3.05, 3.63) is 48.4 Å². The number of hydrogen-bond acceptors (Lipinski definition) is 6. The van der Waals surface area contributed by atoms with Crippen LogP contribution in [-0.4, -0.2) is 34.4 Å². The SMILES string of the molecule is CS(=O)(=O)c1ccc(-n2nc(C(F)(F)F)nc2-c2ccc(N)cc2)nc1. The van der Waals surface area contributed by atoms with Gasteiger partial charge in [0, 0.05) is 23.7 Å². The normalized spacial score (nSPS) is 12.3. The summed E-state index contributed by atoms with van der Waals surface area (Å²) in [6.07, 6.45) is -2.70. The van der Waals surface area contributed by atoms with E-state index >= 15 is 0 Å². The number of halogens is 3. The number of hydrogen-bond donors (Lipinski definition) is 1. The van der Waals surface area contributed by atoms with Gasteiger partial charge in [0.05, 0.1) is 4.90 Å². The maximum Gasteiger partial charge on any atom is 0.453 e. The first-order valence-electron chi connectivity index (χ1n) is 7.12. The molecule has 3 aromatic rings. The zero-order valence-electron chi connectivity index (χ0n) is 13.3. The number of sulfone groups is 1. The molecular weight excluding hydrogens is 371 g/mol. The van der Waals surface area contributed by atoms with Crippen molar-refractivity contribution in [3.63, 3.8) is 0 Å². The van der Waals surface area contributed by atoms with Crippen molar-refractivity contribution in [2.45, 2.75) is 11.1 Å². The van der Waals surface area contributed by atoms with Crippen molar-refractivity contribution in [1.29, 1.82) is 0 Å². The largest absolute Gasteiger partial charge is 0.453 e. The Hall–Kier alpha value is -2.95. The van der Waals surface area contributed by atoms with Crippen molar-refractivity contribution in [1.82, 2.24) is 19.7 Å². The number of pyridine rings is 1. The van der Waals surface area contributed by atoms with Gasteiger partial charge in [-0.3, -0.25) is 0 Å². The van der Waals surface area contributed by atoms with E-state index in [0.717, 1.165) is 17.1 Å². The molecule has 2 N–H and O–H groups in total. The highest BCUT2D eigenvalue weighted by atomic mass is 32.2. The molecule has 2 heterocycles. The van der Waals surface area contributed by atoms with Crippen LogP contribution >= 0.6 is 0 Å². The molecule has 0 amide bonds. The van der Waals surface area contributed by atoms with Crippen LogP contribution in [0.5, 0.6) is 0 Å². The number of nitrogen functional groups attached to an aromatic ring is 1. The molecule has 1 aromatic carbocycles. The molecule has 136 valence electrons. The summed E-state index contributed by atoms with van der Waals surface area (Å²) >= 11 is 0. The average Bonchev–Trinajstić information content (AvgIpc) is 3.00. The van der Waals surface area contributed by atoms with Crippen LogP contribution in [0, 0.1) is 0 Å². The van der Waals surface area contributed by atoms with Crippen LogP contribution in [0.4, 0.5) is 18.9 Å². The number of anilines is 1. The average molecular weight is 383 g/mol. The summed E-state index contributed by atoms with van der Waals surface area (Å²) in [5.74, 6) is -1.44. The van der Waals surface area contributed by atoms with Gasteiger partial charge in [-0.25, -0.2) is 18.4 Å². The minimum atomic E-state index is -4.75. The van der Waals surface area contributed by atoms with E-state index in [2.05, 4.69) is 15.1 Å². The Morgan fingerprint density at radius 2 is 1.73 bits per heavy atom. The standard InChI is InChI=1S/C15H12F3N5O2S/c1-26(24,25)11-6-7-12(20-8-11)23-13(9-2-4-10(19)5-3-9)21-14(22-23)15(16,17)18/h2-8H,19H2,1H3. The second-order valence-electron chi connectivity index (χ2n) is 5.41. The van der Waals surface area contributed by atoms with E-state index in [-0.39, 0.29) is 16.5 Å². The van der Waals surface area contributed by atoms with Gasteiger partial charge in [0.15, 0.2) is 21.5 Å². The monoisotopic (exact) mass is 383 g/mol. The van der Waals surface area contributed by atoms with Crippen LogP contribution in [0.1, 0.15) is 5.82 Å². The molecule has 0 unspecified atom stereocenters. The van der Waals surface area contributed by atoms with Gasteiger partial charge in [-0.05, 0) is 36.4 Å². The number of rotatable bonds is 3. The topological polar surface area (TPSA) is 104 Å². The predicted octanol–water partition coefficient (Wildman–Crippen LogP) is 2.33. The maximum atomic E-state index is 13.0. The number of aromatic nitrogens is 4. The van der Waals surface area contributed by atoms with Crippen LogP contribution in [-0.2, 0) is 16.0 Å². The zero-order valence-corrected chi connectivity index (χ0v) is 14.1. The molecule has 0 aliphatic rings. The molecule has 26 heavy (non-hydrogen) atoms. The number of alkyl halides is 3. The minimum absolute atomic E-state index is 0.00720. The number of benzene rings is 1. The van der Waals surface area contributed by atoms with Crippen molar-refractivity contribution in [3.8, 4) is 17.2 Å². The van der Waals surface area contributed by atoms with Crippen LogP contribution < -0.4 is 5.73 Å². The molecule has 3 rings (SSSR count). The fourth-order valence-corrected chi connectivity index (χ4v) is 2.69. The Kier molecular flexibility index (Phi) is 4.18. The first-order valence-corrected chi connectivity index (χ1v) is 9.01. The van der Waals surface area contributed by atoms with E-state index in [1.165, 1.54) is 36.4 Å². The summed E-state index contributed by atoms with van der Waals surface area (Å²) in [7, 11) is -3.49. The van der Waals surface area contributed by atoms with Crippen molar-refractivity contribution >= 4 is 15.5 Å². The third-order valence-electron chi connectivity index (χ3n) is 3.40. The highest BCUT2D eigenvalue weighted by molar-refractivity contribution is 7.90. The van der Waals surface area contributed by atoms with Crippen molar-refractivity contribution in [2.75, 3.05) is 12.0 Å². The highest BCUT2D eigenvalue weighted by Crippen LogP contribution is 2.30. The Labute approximate surface area is 146 Å². The lowest BCUT2D eigenvalue weighted by Gasteiger charge is -2.06. The molecule has 2 aromatic heterocycles. The Morgan fingerprint density at radius 3 is 2.23 bits per heavy atom. The summed E-state index contributed by atoms with van der Waals surface area (Å²) in [6.45, 7) is 0. The van der Waals surface area contributed by atoms with Crippen LogP contribution in [0.25, 0.3) is 17.2 Å². The summed E-state index contributed by atoms with van der Waals surface area (Å²) < 4.78 is 63.0. The highest BCUT2D eigenvalue weighted by Gasteiger charge is 2.37. The van der Waals surface area contributed by atoms with Crippen molar-refractivity contribution in [2.24, 2.45) is 0 Å². The molecule has 0 aliphatic heterocycles. The Balaban J connectivity index is 2.16. The second-order valence-corrected chi connectivity index (χ2v) is 7.43. The molecule has 0 fully saturated rings. The second kappa shape index (κ2) is 6.09. The molecule has 0 aliphatic carbocycles. The molecule has 11 heteroatoms. The molecule has 0 atom stereocenters. The van der Waals surface area contributed by atoms with Crippen LogP contribution in [0.15, 0.2) is 47.5 Å². The lowest BCUT2D eigenvalue weighted by atomic mass is 10.2. The third-order valence-corrected chi connectivity index (χ3v) is 4.49. The van der Waals surface area contributed by atoms with Gasteiger partial charge in [0.25, 0.3) is 5.82 Å². The number of nitrogens with two attached hydrogens (primary N) is 1. The van der Waals surface area contributed by atoms with Crippen molar-refractivity contribution < 1.29 is 21.6 Å². The van der Waals surface area contributed by atoms with Gasteiger partial charge in [-0.2, -0.15) is 17.9 Å². The van der Waals surface area contributed by atoms with Gasteiger partial charge in [0.2, 0.25) is 0 Å². The predicted molar refractivity (Wildman–Crippen MR) is 87.1 cm³/mol. The lowest BCUT2D eigenvalue weighted by molar-refractivity contribution is -0.144. The Morgan fingerprint density at radius 1 is 1.08 bits per heavy atom. The molecular formula is C15H12F3N5O2S. The fourth-order valence-electron chi connectivity index (χ4n) is 2.13. The molecule has 0 saturated carbocycles. The van der Waals surface area contributed by atoms with Crippen LogP contribution in [0.3, 0.4) is 0 Å². The van der Waals surface area contributed by atoms with Gasteiger partial charge in [-0.1, -0.05) is 0 Å². The number of nitrogens with zero attached hydrogens (tertiary/aromatic N) is 4. The summed E-state index contributed by atoms with van der Waals surface area (Å²) in [4.78, 5) is 7.40. The summed E-state index contributed by atoms with van der Waals surface area (Å²) in [5, 5.41) is 3.48. The van der Waals surface area contributed by atoms with E-state index in [4.69, 9.17) is 5.73 Å². The van der Waals surface area contributed by atoms with Gasteiger partial charge in [-0.15, -0.1) is 5.10 Å². The molecule has 0 bridgehead atoms. The smallest absolute Gasteiger partial charge is 0.399 e. The summed E-state index contributed by atoms with van der Waals surface area (Å²) in [6, 6.07) is 8.52. The van der Waals surface area contributed by atoms with Gasteiger partial charge < -0.3 is 5.73 Å². The minimum Gasteiger partial charge on any atom is -0.399 e. The van der Waals surface area contributed by atoms with Crippen LogP contribution in [0.2, 0.25) is 0 Å². The fraction of sp³-hybridized carbons (Fsp3) is 0.133. The zero-order chi connectivity index (χ0) is 19.1. The molecule has 7 nitrogen and oxygen atoms in total. The lowest BCUT2D eigenvalue weighted by Crippen LogP contribution is -2.09. The van der Waals surface area contributed by atoms with E-state index in [1.807, 2.05) is 0 Å². The molecule has 0 radical (unpaired) electrons. The quantitative estimate of drug-likeness (QED) is 0.696. The van der Waals surface area contributed by atoms with E-state index in [0.29, 0.717) is 11.3 Å². The first kappa shape index (κ1) is 17.9. The van der Waals surface area contributed by atoms with E-state index in [9.17, 15) is 21.6 Å². The Bertz CT molecular complexity index is 1040. The maximum absolute atomic E-state index is 13.0. The van der Waals surface area contributed by atoms with E-state index in [1.54, 1.807) is 0 Å². The summed E-state index contributed by atoms with van der Waals surface area (Å²) in [5.41, 5.74) is 6.37. The first-order chi connectivity index (χ1) is 12.1. The van der Waals surface area contributed by atoms with E-state index < -0.39 is 21.8 Å². The third kappa shape index (κ3) is 3.52. The molecule has 0 spiro atoms.